The highest BCUT2D eigenvalue weighted by Gasteiger charge is 2.12. The summed E-state index contributed by atoms with van der Waals surface area (Å²) in [6.07, 6.45) is 3.91. The standard InChI is InChI=1S/C19H19N5S/c1-2-5-15(6-3-1)13-24-14-16(11-20-12-17-8-9-21-22-17)19(23-24)18-7-4-10-25-18/h1-10,14,20H,11-13H2,(H,21,22). The van der Waals surface area contributed by atoms with Crippen molar-refractivity contribution in [2.45, 2.75) is 19.6 Å². The summed E-state index contributed by atoms with van der Waals surface area (Å²) in [4.78, 5) is 1.20. The van der Waals surface area contributed by atoms with Gasteiger partial charge < -0.3 is 5.32 Å². The van der Waals surface area contributed by atoms with Gasteiger partial charge in [0.2, 0.25) is 0 Å². The number of aromatic nitrogens is 4. The Hall–Kier alpha value is -2.70. The Morgan fingerprint density at radius 1 is 1.04 bits per heavy atom. The molecule has 3 heterocycles. The van der Waals surface area contributed by atoms with Crippen LogP contribution in [0.1, 0.15) is 16.8 Å². The average Bonchev–Trinajstić information content (AvgIpc) is 3.38. The van der Waals surface area contributed by atoms with E-state index in [1.165, 1.54) is 16.0 Å². The van der Waals surface area contributed by atoms with Crippen LogP contribution in [0, 0.1) is 0 Å². The zero-order valence-electron chi connectivity index (χ0n) is 13.7. The molecule has 6 heteroatoms. The molecule has 0 spiro atoms. The van der Waals surface area contributed by atoms with Gasteiger partial charge in [-0.2, -0.15) is 10.2 Å². The molecule has 0 aliphatic carbocycles. The van der Waals surface area contributed by atoms with Crippen LogP contribution in [0.5, 0.6) is 0 Å². The molecule has 1 aromatic carbocycles. The predicted molar refractivity (Wildman–Crippen MR) is 100 cm³/mol. The summed E-state index contributed by atoms with van der Waals surface area (Å²) in [5, 5.41) is 17.3. The van der Waals surface area contributed by atoms with E-state index < -0.39 is 0 Å². The maximum Gasteiger partial charge on any atom is 0.107 e. The third kappa shape index (κ3) is 3.87. The second kappa shape index (κ2) is 7.46. The number of nitrogens with one attached hydrogen (secondary N) is 2. The Kier molecular flexibility index (Phi) is 4.72. The quantitative estimate of drug-likeness (QED) is 0.535. The van der Waals surface area contributed by atoms with E-state index in [4.69, 9.17) is 5.10 Å². The molecule has 0 aliphatic rings. The molecule has 0 fully saturated rings. The fraction of sp³-hybridized carbons (Fsp3) is 0.158. The van der Waals surface area contributed by atoms with Crippen molar-refractivity contribution < 1.29 is 0 Å². The van der Waals surface area contributed by atoms with E-state index in [-0.39, 0.29) is 0 Å². The second-order valence-electron chi connectivity index (χ2n) is 5.85. The number of nitrogens with zero attached hydrogens (tertiary/aromatic N) is 3. The summed E-state index contributed by atoms with van der Waals surface area (Å²) in [6, 6.07) is 16.6. The van der Waals surface area contributed by atoms with Gasteiger partial charge in [0, 0.05) is 36.7 Å². The Labute approximate surface area is 150 Å². The van der Waals surface area contributed by atoms with Gasteiger partial charge in [0.05, 0.1) is 11.4 Å². The van der Waals surface area contributed by atoms with Crippen LogP contribution in [0.15, 0.2) is 66.3 Å². The van der Waals surface area contributed by atoms with Crippen molar-refractivity contribution in [3.05, 3.63) is 83.1 Å². The monoisotopic (exact) mass is 349 g/mol. The summed E-state index contributed by atoms with van der Waals surface area (Å²) in [7, 11) is 0. The van der Waals surface area contributed by atoms with Crippen LogP contribution < -0.4 is 5.32 Å². The van der Waals surface area contributed by atoms with Crippen LogP contribution in [0.2, 0.25) is 0 Å². The number of aromatic amines is 1. The molecule has 0 saturated heterocycles. The van der Waals surface area contributed by atoms with Gasteiger partial charge in [0.15, 0.2) is 0 Å². The molecular weight excluding hydrogens is 330 g/mol. The normalized spacial score (nSPS) is 11.0. The third-order valence-corrected chi connectivity index (χ3v) is 4.85. The van der Waals surface area contributed by atoms with Gasteiger partial charge in [0.1, 0.15) is 5.69 Å². The van der Waals surface area contributed by atoms with Gasteiger partial charge in [-0.25, -0.2) is 0 Å². The number of hydrogen-bond donors (Lipinski definition) is 2. The highest BCUT2D eigenvalue weighted by Crippen LogP contribution is 2.27. The fourth-order valence-electron chi connectivity index (χ4n) is 2.78. The number of rotatable bonds is 7. The molecule has 3 aromatic heterocycles. The molecule has 0 aliphatic heterocycles. The minimum Gasteiger partial charge on any atom is -0.307 e. The summed E-state index contributed by atoms with van der Waals surface area (Å²) in [5.41, 5.74) is 4.59. The summed E-state index contributed by atoms with van der Waals surface area (Å²) < 4.78 is 2.03. The lowest BCUT2D eigenvalue weighted by molar-refractivity contribution is 0.669. The van der Waals surface area contributed by atoms with Gasteiger partial charge in [0.25, 0.3) is 0 Å². The lowest BCUT2D eigenvalue weighted by Gasteiger charge is -2.02. The molecule has 0 unspecified atom stereocenters. The van der Waals surface area contributed by atoms with Crippen molar-refractivity contribution >= 4 is 11.3 Å². The van der Waals surface area contributed by atoms with E-state index in [0.29, 0.717) is 0 Å². The van der Waals surface area contributed by atoms with Gasteiger partial charge in [-0.15, -0.1) is 11.3 Å². The van der Waals surface area contributed by atoms with Crippen LogP contribution in [0.4, 0.5) is 0 Å². The maximum absolute atomic E-state index is 4.83. The molecule has 2 N–H and O–H groups in total. The van der Waals surface area contributed by atoms with Crippen molar-refractivity contribution in [3.8, 4) is 10.6 Å². The molecule has 0 saturated carbocycles. The molecule has 0 radical (unpaired) electrons. The lowest BCUT2D eigenvalue weighted by Crippen LogP contribution is -2.13. The molecule has 126 valence electrons. The summed E-state index contributed by atoms with van der Waals surface area (Å²) >= 11 is 1.72. The first-order chi connectivity index (χ1) is 12.4. The van der Waals surface area contributed by atoms with E-state index in [1.807, 2.05) is 16.8 Å². The van der Waals surface area contributed by atoms with E-state index in [9.17, 15) is 0 Å². The lowest BCUT2D eigenvalue weighted by atomic mass is 10.2. The smallest absolute Gasteiger partial charge is 0.107 e. The minimum atomic E-state index is 0.758. The number of thiophene rings is 1. The van der Waals surface area contributed by atoms with Gasteiger partial charge in [-0.3, -0.25) is 9.78 Å². The highest BCUT2D eigenvalue weighted by molar-refractivity contribution is 7.13. The van der Waals surface area contributed by atoms with Crippen molar-refractivity contribution in [2.24, 2.45) is 0 Å². The molecule has 4 rings (SSSR count). The van der Waals surface area contributed by atoms with Gasteiger partial charge in [-0.1, -0.05) is 36.4 Å². The largest absolute Gasteiger partial charge is 0.307 e. The molecule has 0 amide bonds. The maximum atomic E-state index is 4.83. The molecule has 25 heavy (non-hydrogen) atoms. The zero-order valence-corrected chi connectivity index (χ0v) is 14.5. The molecule has 4 aromatic rings. The van der Waals surface area contributed by atoms with Crippen molar-refractivity contribution in [3.63, 3.8) is 0 Å². The van der Waals surface area contributed by atoms with E-state index >= 15 is 0 Å². The van der Waals surface area contributed by atoms with Crippen molar-refractivity contribution in [2.75, 3.05) is 0 Å². The fourth-order valence-corrected chi connectivity index (χ4v) is 3.52. The first-order valence-corrected chi connectivity index (χ1v) is 9.09. The second-order valence-corrected chi connectivity index (χ2v) is 6.80. The van der Waals surface area contributed by atoms with Crippen molar-refractivity contribution in [1.29, 1.82) is 0 Å². The average molecular weight is 349 g/mol. The predicted octanol–water partition coefficient (Wildman–Crippen LogP) is 3.67. The molecule has 0 bridgehead atoms. The Morgan fingerprint density at radius 3 is 2.72 bits per heavy atom. The molecular formula is C19H19N5S. The SMILES string of the molecule is c1ccc(Cn2cc(CNCc3ccn[nH]3)c(-c3cccs3)n2)cc1. The number of H-pyrrole nitrogens is 1. The number of hydrogen-bond acceptors (Lipinski definition) is 4. The van der Waals surface area contributed by atoms with Crippen LogP contribution in [-0.2, 0) is 19.6 Å². The van der Waals surface area contributed by atoms with Crippen LogP contribution in [-0.4, -0.2) is 20.0 Å². The molecule has 5 nitrogen and oxygen atoms in total. The van der Waals surface area contributed by atoms with Crippen LogP contribution >= 0.6 is 11.3 Å². The van der Waals surface area contributed by atoms with Crippen molar-refractivity contribution in [1.82, 2.24) is 25.3 Å². The zero-order chi connectivity index (χ0) is 16.9. The van der Waals surface area contributed by atoms with E-state index in [2.05, 4.69) is 63.5 Å². The Morgan fingerprint density at radius 2 is 1.96 bits per heavy atom. The first kappa shape index (κ1) is 15.8. The topological polar surface area (TPSA) is 58.5 Å². The van der Waals surface area contributed by atoms with Crippen LogP contribution in [0.3, 0.4) is 0 Å². The summed E-state index contributed by atoms with van der Waals surface area (Å²) in [6.45, 7) is 2.30. The first-order valence-electron chi connectivity index (χ1n) is 8.21. The van der Waals surface area contributed by atoms with Gasteiger partial charge in [-0.05, 0) is 23.1 Å². The summed E-state index contributed by atoms with van der Waals surface area (Å²) in [5.74, 6) is 0. The Bertz CT molecular complexity index is 895. The minimum absolute atomic E-state index is 0.758. The Balaban J connectivity index is 1.53. The van der Waals surface area contributed by atoms with Crippen LogP contribution in [0.25, 0.3) is 10.6 Å². The van der Waals surface area contributed by atoms with E-state index in [1.54, 1.807) is 17.5 Å². The molecule has 0 atom stereocenters. The highest BCUT2D eigenvalue weighted by atomic mass is 32.1. The number of benzene rings is 1. The van der Waals surface area contributed by atoms with E-state index in [0.717, 1.165) is 31.0 Å². The van der Waals surface area contributed by atoms with Gasteiger partial charge >= 0.3 is 0 Å². The third-order valence-electron chi connectivity index (χ3n) is 3.97.